The second kappa shape index (κ2) is 5.20. The van der Waals surface area contributed by atoms with Crippen molar-refractivity contribution in [3.8, 4) is 0 Å². The van der Waals surface area contributed by atoms with E-state index in [4.69, 9.17) is 5.73 Å². The molecule has 0 fully saturated rings. The summed E-state index contributed by atoms with van der Waals surface area (Å²) in [6.07, 6.45) is 0. The van der Waals surface area contributed by atoms with Crippen LogP contribution in [-0.4, -0.2) is 10.9 Å². The van der Waals surface area contributed by atoms with Gasteiger partial charge in [0.1, 0.15) is 5.82 Å². The fourth-order valence-corrected chi connectivity index (χ4v) is 2.51. The van der Waals surface area contributed by atoms with Gasteiger partial charge < -0.3 is 5.73 Å². The van der Waals surface area contributed by atoms with Gasteiger partial charge in [0, 0.05) is 16.5 Å². The van der Waals surface area contributed by atoms with Crippen LogP contribution in [0.1, 0.15) is 36.8 Å². The Balaban J connectivity index is 2.17. The molecule has 1 aromatic carbocycles. The minimum absolute atomic E-state index is 0.0750. The predicted molar refractivity (Wildman–Crippen MR) is 79.6 cm³/mol. The van der Waals surface area contributed by atoms with Crippen LogP contribution in [0.15, 0.2) is 23.6 Å². The summed E-state index contributed by atoms with van der Waals surface area (Å²) in [5.74, 6) is -0.861. The number of nitrogens with one attached hydrogen (secondary N) is 1. The number of nitrogens with zero attached hydrogens (tertiary/aromatic N) is 1. The number of nitrogen functional groups attached to an aromatic ring is 1. The van der Waals surface area contributed by atoms with Gasteiger partial charge in [0.05, 0.1) is 11.3 Å². The molecule has 2 aromatic rings. The highest BCUT2D eigenvalue weighted by molar-refractivity contribution is 7.14. The summed E-state index contributed by atoms with van der Waals surface area (Å²) >= 11 is 1.35. The van der Waals surface area contributed by atoms with Crippen molar-refractivity contribution in [3.63, 3.8) is 0 Å². The van der Waals surface area contributed by atoms with E-state index in [1.54, 1.807) is 0 Å². The summed E-state index contributed by atoms with van der Waals surface area (Å²) in [5, 5.41) is 5.09. The number of thiazole rings is 1. The standard InChI is InChI=1S/C14H16FN3OS/c1-14(2,3)11-7-20-13(17-11)18-12(19)9-5-4-8(15)6-10(9)16/h4-7H,16H2,1-3H3,(H,17,18,19). The first kappa shape index (κ1) is 14.5. The number of nitrogens with two attached hydrogens (primary N) is 1. The number of carbonyl (C=O) groups excluding carboxylic acids is 1. The van der Waals surface area contributed by atoms with Gasteiger partial charge in [-0.3, -0.25) is 10.1 Å². The second-order valence-corrected chi connectivity index (χ2v) is 6.33. The monoisotopic (exact) mass is 293 g/mol. The SMILES string of the molecule is CC(C)(C)c1csc(NC(=O)c2ccc(F)cc2N)n1. The number of halogens is 1. The molecule has 0 saturated heterocycles. The third kappa shape index (κ3) is 3.14. The largest absolute Gasteiger partial charge is 0.398 e. The van der Waals surface area contributed by atoms with Gasteiger partial charge in [-0.1, -0.05) is 20.8 Å². The van der Waals surface area contributed by atoms with Gasteiger partial charge in [-0.15, -0.1) is 11.3 Å². The van der Waals surface area contributed by atoms with Crippen LogP contribution >= 0.6 is 11.3 Å². The molecule has 4 nitrogen and oxygen atoms in total. The third-order valence-corrected chi connectivity index (χ3v) is 3.51. The molecular weight excluding hydrogens is 277 g/mol. The minimum Gasteiger partial charge on any atom is -0.398 e. The van der Waals surface area contributed by atoms with Gasteiger partial charge in [0.25, 0.3) is 5.91 Å². The first-order chi connectivity index (χ1) is 9.27. The normalized spacial score (nSPS) is 11.4. The molecule has 1 amide bonds. The first-order valence-electron chi connectivity index (χ1n) is 6.10. The lowest BCUT2D eigenvalue weighted by atomic mass is 9.93. The highest BCUT2D eigenvalue weighted by Gasteiger charge is 2.19. The third-order valence-electron chi connectivity index (χ3n) is 2.75. The van der Waals surface area contributed by atoms with Crippen LogP contribution < -0.4 is 11.1 Å². The Morgan fingerprint density at radius 3 is 2.65 bits per heavy atom. The van der Waals surface area contributed by atoms with E-state index in [1.807, 2.05) is 26.2 Å². The van der Waals surface area contributed by atoms with Crippen LogP contribution in [0.2, 0.25) is 0 Å². The van der Waals surface area contributed by atoms with Gasteiger partial charge in [-0.05, 0) is 18.2 Å². The molecule has 2 rings (SSSR count). The molecule has 20 heavy (non-hydrogen) atoms. The predicted octanol–water partition coefficient (Wildman–Crippen LogP) is 3.41. The number of hydrogen-bond donors (Lipinski definition) is 2. The van der Waals surface area contributed by atoms with E-state index in [0.29, 0.717) is 5.13 Å². The molecular formula is C14H16FN3OS. The van der Waals surface area contributed by atoms with Crippen molar-refractivity contribution in [1.82, 2.24) is 4.98 Å². The van der Waals surface area contributed by atoms with Gasteiger partial charge in [0.15, 0.2) is 5.13 Å². The van der Waals surface area contributed by atoms with Crippen molar-refractivity contribution in [3.05, 3.63) is 40.7 Å². The molecule has 0 aliphatic carbocycles. The second-order valence-electron chi connectivity index (χ2n) is 5.47. The summed E-state index contributed by atoms with van der Waals surface area (Å²) in [5.41, 5.74) is 6.81. The molecule has 0 unspecified atom stereocenters. The fourth-order valence-electron chi connectivity index (χ4n) is 1.58. The van der Waals surface area contributed by atoms with Gasteiger partial charge in [-0.2, -0.15) is 0 Å². The quantitative estimate of drug-likeness (QED) is 0.834. The van der Waals surface area contributed by atoms with E-state index < -0.39 is 11.7 Å². The highest BCUT2D eigenvalue weighted by atomic mass is 32.1. The zero-order valence-electron chi connectivity index (χ0n) is 11.5. The minimum atomic E-state index is -0.469. The summed E-state index contributed by atoms with van der Waals surface area (Å²) in [4.78, 5) is 16.4. The van der Waals surface area contributed by atoms with Crippen molar-refractivity contribution in [1.29, 1.82) is 0 Å². The average Bonchev–Trinajstić information content (AvgIpc) is 2.76. The van der Waals surface area contributed by atoms with Gasteiger partial charge >= 0.3 is 0 Å². The molecule has 0 aliphatic heterocycles. The number of rotatable bonds is 2. The van der Waals surface area contributed by atoms with Crippen LogP contribution in [-0.2, 0) is 5.41 Å². The molecule has 0 atom stereocenters. The lowest BCUT2D eigenvalue weighted by molar-refractivity contribution is 0.102. The summed E-state index contributed by atoms with van der Waals surface area (Å²) < 4.78 is 13.0. The van der Waals surface area contributed by atoms with Crippen molar-refractivity contribution < 1.29 is 9.18 Å². The molecule has 0 radical (unpaired) electrons. The van der Waals surface area contributed by atoms with E-state index in [1.165, 1.54) is 23.5 Å². The molecule has 3 N–H and O–H groups in total. The van der Waals surface area contributed by atoms with E-state index >= 15 is 0 Å². The maximum atomic E-state index is 13.0. The number of carbonyl (C=O) groups is 1. The topological polar surface area (TPSA) is 68.0 Å². The Morgan fingerprint density at radius 2 is 2.10 bits per heavy atom. The zero-order chi connectivity index (χ0) is 14.9. The van der Waals surface area contributed by atoms with E-state index in [2.05, 4.69) is 10.3 Å². The van der Waals surface area contributed by atoms with Gasteiger partial charge in [0.2, 0.25) is 0 Å². The Bertz CT molecular complexity index is 646. The van der Waals surface area contributed by atoms with Crippen molar-refractivity contribution >= 4 is 28.1 Å². The summed E-state index contributed by atoms with van der Waals surface area (Å²) in [6.45, 7) is 6.14. The maximum absolute atomic E-state index is 13.0. The Hall–Kier alpha value is -1.95. The molecule has 0 bridgehead atoms. The van der Waals surface area contributed by atoms with Gasteiger partial charge in [-0.25, -0.2) is 9.37 Å². The lowest BCUT2D eigenvalue weighted by Gasteiger charge is -2.14. The van der Waals surface area contributed by atoms with E-state index in [-0.39, 0.29) is 16.7 Å². The van der Waals surface area contributed by atoms with Crippen molar-refractivity contribution in [2.45, 2.75) is 26.2 Å². The Kier molecular flexibility index (Phi) is 3.76. The number of anilines is 2. The van der Waals surface area contributed by atoms with Crippen molar-refractivity contribution in [2.75, 3.05) is 11.1 Å². The summed E-state index contributed by atoms with van der Waals surface area (Å²) in [6, 6.07) is 3.68. The smallest absolute Gasteiger partial charge is 0.259 e. The van der Waals surface area contributed by atoms with Crippen LogP contribution in [0.4, 0.5) is 15.2 Å². The van der Waals surface area contributed by atoms with E-state index in [9.17, 15) is 9.18 Å². The molecule has 1 aromatic heterocycles. The Labute approximate surface area is 120 Å². The molecule has 0 spiro atoms. The summed E-state index contributed by atoms with van der Waals surface area (Å²) in [7, 11) is 0. The van der Waals surface area contributed by atoms with Crippen LogP contribution in [0.3, 0.4) is 0 Å². The van der Waals surface area contributed by atoms with Crippen LogP contribution in [0.5, 0.6) is 0 Å². The average molecular weight is 293 g/mol. The molecule has 6 heteroatoms. The molecule has 0 aliphatic rings. The lowest BCUT2D eigenvalue weighted by Crippen LogP contribution is -2.15. The molecule has 106 valence electrons. The van der Waals surface area contributed by atoms with Crippen molar-refractivity contribution in [2.24, 2.45) is 0 Å². The number of benzene rings is 1. The maximum Gasteiger partial charge on any atom is 0.259 e. The first-order valence-corrected chi connectivity index (χ1v) is 6.98. The zero-order valence-corrected chi connectivity index (χ0v) is 12.3. The molecule has 0 saturated carbocycles. The van der Waals surface area contributed by atoms with E-state index in [0.717, 1.165) is 11.8 Å². The highest BCUT2D eigenvalue weighted by Crippen LogP contribution is 2.27. The fraction of sp³-hybridized carbons (Fsp3) is 0.286. The van der Waals surface area contributed by atoms with Crippen LogP contribution in [0, 0.1) is 5.82 Å². The number of amides is 1. The number of aromatic nitrogens is 1. The Morgan fingerprint density at radius 1 is 1.40 bits per heavy atom. The molecule has 1 heterocycles. The van der Waals surface area contributed by atoms with Crippen LogP contribution in [0.25, 0.3) is 0 Å². The number of hydrogen-bond acceptors (Lipinski definition) is 4.